The number of amides is 1. The molecule has 0 saturated heterocycles. The van der Waals surface area contributed by atoms with E-state index in [4.69, 9.17) is 11.6 Å². The first-order valence-corrected chi connectivity index (χ1v) is 8.55. The molecular weight excluding hydrogens is 353 g/mol. The highest BCUT2D eigenvalue weighted by atomic mass is 35.5. The lowest BCUT2D eigenvalue weighted by Gasteiger charge is -2.07. The predicted molar refractivity (Wildman–Crippen MR) is 99.0 cm³/mol. The molecule has 0 atom stereocenters. The van der Waals surface area contributed by atoms with E-state index in [0.717, 1.165) is 22.4 Å². The molecule has 0 radical (unpaired) electrons. The van der Waals surface area contributed by atoms with Gasteiger partial charge in [-0.05, 0) is 53.9 Å². The summed E-state index contributed by atoms with van der Waals surface area (Å²) in [5, 5.41) is 2.96. The van der Waals surface area contributed by atoms with Gasteiger partial charge in [-0.25, -0.2) is 4.39 Å². The van der Waals surface area contributed by atoms with Gasteiger partial charge in [0.2, 0.25) is 5.91 Å². The topological polar surface area (TPSA) is 54.9 Å². The van der Waals surface area contributed by atoms with E-state index in [1.165, 1.54) is 6.07 Å². The van der Waals surface area contributed by atoms with Crippen LogP contribution in [0.4, 0.5) is 4.39 Å². The van der Waals surface area contributed by atoms with Gasteiger partial charge >= 0.3 is 0 Å². The molecule has 1 amide bonds. The molecule has 6 heteroatoms. The lowest BCUT2D eigenvalue weighted by atomic mass is 10.1. The summed E-state index contributed by atoms with van der Waals surface area (Å²) in [4.78, 5) is 20.4. The van der Waals surface area contributed by atoms with Gasteiger partial charge in [0.25, 0.3) is 0 Å². The highest BCUT2D eigenvalue weighted by Crippen LogP contribution is 2.18. The third-order valence-corrected chi connectivity index (χ3v) is 4.20. The monoisotopic (exact) mass is 369 g/mol. The molecule has 3 rings (SSSR count). The summed E-state index contributed by atoms with van der Waals surface area (Å²) in [6, 6.07) is 12.1. The fourth-order valence-electron chi connectivity index (χ4n) is 2.51. The average Bonchev–Trinajstić information content (AvgIpc) is 2.68. The van der Waals surface area contributed by atoms with Crippen LogP contribution in [-0.4, -0.2) is 15.9 Å². The Morgan fingerprint density at radius 3 is 2.62 bits per heavy atom. The van der Waals surface area contributed by atoms with Crippen LogP contribution in [0.1, 0.15) is 17.5 Å². The van der Waals surface area contributed by atoms with Gasteiger partial charge in [-0.1, -0.05) is 17.7 Å². The summed E-state index contributed by atoms with van der Waals surface area (Å²) in [6.45, 7) is 0.420. The minimum Gasteiger partial charge on any atom is -0.352 e. The van der Waals surface area contributed by atoms with Crippen LogP contribution in [0.3, 0.4) is 0 Å². The quantitative estimate of drug-likeness (QED) is 0.709. The van der Waals surface area contributed by atoms with E-state index in [-0.39, 0.29) is 10.9 Å². The highest BCUT2D eigenvalue weighted by molar-refractivity contribution is 6.30. The Bertz CT molecular complexity index is 903. The molecule has 2 aromatic heterocycles. The van der Waals surface area contributed by atoms with Crippen molar-refractivity contribution in [1.29, 1.82) is 0 Å². The zero-order valence-electron chi connectivity index (χ0n) is 14.0. The van der Waals surface area contributed by atoms with Crippen LogP contribution < -0.4 is 5.32 Å². The number of pyridine rings is 2. The maximum absolute atomic E-state index is 13.1. The number of aryl methyl sites for hydroxylation is 1. The van der Waals surface area contributed by atoms with E-state index in [9.17, 15) is 9.18 Å². The van der Waals surface area contributed by atoms with Crippen LogP contribution in [-0.2, 0) is 17.8 Å². The van der Waals surface area contributed by atoms with Crippen molar-refractivity contribution < 1.29 is 9.18 Å². The Hall–Kier alpha value is -2.79. The van der Waals surface area contributed by atoms with Gasteiger partial charge in [0, 0.05) is 37.1 Å². The SMILES string of the molecule is O=C(CCc1ccc(F)c(Cl)c1)NCc1ccnc(-c2ccncc2)c1. The maximum atomic E-state index is 13.1. The first-order chi connectivity index (χ1) is 12.6. The van der Waals surface area contributed by atoms with Crippen molar-refractivity contribution in [2.75, 3.05) is 0 Å². The lowest BCUT2D eigenvalue weighted by molar-refractivity contribution is -0.121. The number of hydrogen-bond donors (Lipinski definition) is 1. The van der Waals surface area contributed by atoms with E-state index in [1.54, 1.807) is 30.7 Å². The van der Waals surface area contributed by atoms with Gasteiger partial charge in [0.1, 0.15) is 5.82 Å². The Kier molecular flexibility index (Phi) is 5.92. The smallest absolute Gasteiger partial charge is 0.220 e. The molecule has 0 unspecified atom stereocenters. The number of carbonyl (C=O) groups is 1. The molecule has 26 heavy (non-hydrogen) atoms. The standard InChI is InChI=1S/C20H17ClFN3O/c21-17-11-14(1-3-18(17)22)2-4-20(26)25-13-15-5-10-24-19(12-15)16-6-8-23-9-7-16/h1,3,5-12H,2,4,13H2,(H,25,26). The number of benzene rings is 1. The predicted octanol–water partition coefficient (Wildman–Crippen LogP) is 4.19. The third kappa shape index (κ3) is 4.86. The molecule has 0 spiro atoms. The van der Waals surface area contributed by atoms with Crippen LogP contribution in [0.2, 0.25) is 5.02 Å². The molecular formula is C20H17ClFN3O. The Balaban J connectivity index is 1.54. The number of hydrogen-bond acceptors (Lipinski definition) is 3. The largest absolute Gasteiger partial charge is 0.352 e. The number of nitrogens with zero attached hydrogens (tertiary/aromatic N) is 2. The number of aromatic nitrogens is 2. The molecule has 1 N–H and O–H groups in total. The summed E-state index contributed by atoms with van der Waals surface area (Å²) in [7, 11) is 0. The van der Waals surface area contributed by atoms with Crippen molar-refractivity contribution in [2.24, 2.45) is 0 Å². The molecule has 0 bridgehead atoms. The maximum Gasteiger partial charge on any atom is 0.220 e. The van der Waals surface area contributed by atoms with Crippen molar-refractivity contribution in [2.45, 2.75) is 19.4 Å². The second-order valence-corrected chi connectivity index (χ2v) is 6.22. The summed E-state index contributed by atoms with van der Waals surface area (Å²) in [6.07, 6.45) is 5.97. The first-order valence-electron chi connectivity index (χ1n) is 8.18. The number of nitrogens with one attached hydrogen (secondary N) is 1. The highest BCUT2D eigenvalue weighted by Gasteiger charge is 2.06. The van der Waals surface area contributed by atoms with Crippen molar-refractivity contribution >= 4 is 17.5 Å². The lowest BCUT2D eigenvalue weighted by Crippen LogP contribution is -2.23. The van der Waals surface area contributed by atoms with Crippen molar-refractivity contribution in [3.8, 4) is 11.3 Å². The summed E-state index contributed by atoms with van der Waals surface area (Å²) >= 11 is 5.75. The second-order valence-electron chi connectivity index (χ2n) is 5.81. The fraction of sp³-hybridized carbons (Fsp3) is 0.150. The number of carbonyl (C=O) groups excluding carboxylic acids is 1. The van der Waals surface area contributed by atoms with Gasteiger partial charge < -0.3 is 5.32 Å². The Morgan fingerprint density at radius 2 is 1.85 bits per heavy atom. The molecule has 3 aromatic rings. The van der Waals surface area contributed by atoms with Crippen molar-refractivity contribution in [1.82, 2.24) is 15.3 Å². The van der Waals surface area contributed by atoms with E-state index < -0.39 is 5.82 Å². The van der Waals surface area contributed by atoms with Gasteiger partial charge in [0.05, 0.1) is 10.7 Å². The van der Waals surface area contributed by atoms with Gasteiger partial charge in [-0.2, -0.15) is 0 Å². The normalized spacial score (nSPS) is 10.5. The van der Waals surface area contributed by atoms with Crippen LogP contribution in [0.25, 0.3) is 11.3 Å². The van der Waals surface area contributed by atoms with Crippen LogP contribution in [0.15, 0.2) is 61.1 Å². The molecule has 132 valence electrons. The van der Waals surface area contributed by atoms with E-state index in [0.29, 0.717) is 19.4 Å². The summed E-state index contributed by atoms with van der Waals surface area (Å²) in [5.41, 5.74) is 3.60. The summed E-state index contributed by atoms with van der Waals surface area (Å²) < 4.78 is 13.1. The number of halogens is 2. The molecule has 0 fully saturated rings. The molecule has 0 aliphatic heterocycles. The Morgan fingerprint density at radius 1 is 1.04 bits per heavy atom. The number of rotatable bonds is 6. The van der Waals surface area contributed by atoms with Crippen LogP contribution in [0, 0.1) is 5.82 Å². The minimum atomic E-state index is -0.456. The van der Waals surface area contributed by atoms with E-state index in [2.05, 4.69) is 15.3 Å². The third-order valence-electron chi connectivity index (χ3n) is 3.91. The Labute approximate surface area is 156 Å². The molecule has 4 nitrogen and oxygen atoms in total. The van der Waals surface area contributed by atoms with Crippen molar-refractivity contribution in [3.63, 3.8) is 0 Å². The summed E-state index contributed by atoms with van der Waals surface area (Å²) in [5.74, 6) is -0.532. The molecule has 0 saturated carbocycles. The van der Waals surface area contributed by atoms with Crippen molar-refractivity contribution in [3.05, 3.63) is 83.0 Å². The fourth-order valence-corrected chi connectivity index (χ4v) is 2.71. The average molecular weight is 370 g/mol. The zero-order chi connectivity index (χ0) is 18.4. The molecule has 0 aliphatic carbocycles. The van der Waals surface area contributed by atoms with Gasteiger partial charge in [0.15, 0.2) is 0 Å². The first kappa shape index (κ1) is 18.0. The molecule has 0 aliphatic rings. The molecule has 1 aromatic carbocycles. The minimum absolute atomic E-state index is 0.0725. The van der Waals surface area contributed by atoms with E-state index >= 15 is 0 Å². The zero-order valence-corrected chi connectivity index (χ0v) is 14.7. The second kappa shape index (κ2) is 8.54. The van der Waals surface area contributed by atoms with Gasteiger partial charge in [-0.3, -0.25) is 14.8 Å². The van der Waals surface area contributed by atoms with Crippen LogP contribution in [0.5, 0.6) is 0 Å². The van der Waals surface area contributed by atoms with E-state index in [1.807, 2.05) is 24.3 Å². The van der Waals surface area contributed by atoms with Gasteiger partial charge in [-0.15, -0.1) is 0 Å². The molecule has 2 heterocycles. The van der Waals surface area contributed by atoms with Crippen LogP contribution >= 0.6 is 11.6 Å².